The van der Waals surface area contributed by atoms with Crippen molar-refractivity contribution in [3.8, 4) is 0 Å². The summed E-state index contributed by atoms with van der Waals surface area (Å²) in [6.45, 7) is -0.773. The largest absolute Gasteiger partial charge is 0.465 e. The van der Waals surface area contributed by atoms with Gasteiger partial charge in [0.1, 0.15) is 5.52 Å². The molecule has 0 radical (unpaired) electrons. The average molecular weight is 550 g/mol. The number of oxazole rings is 1. The van der Waals surface area contributed by atoms with Gasteiger partial charge in [-0.2, -0.15) is 0 Å². The van der Waals surface area contributed by atoms with Gasteiger partial charge in [-0.25, -0.2) is 27.9 Å². The van der Waals surface area contributed by atoms with E-state index in [0.717, 1.165) is 10.5 Å². The third-order valence-electron chi connectivity index (χ3n) is 5.96. The van der Waals surface area contributed by atoms with Gasteiger partial charge in [0.15, 0.2) is 15.4 Å². The highest BCUT2D eigenvalue weighted by Gasteiger charge is 2.34. The molecule has 0 spiro atoms. The molecule has 0 aliphatic heterocycles. The van der Waals surface area contributed by atoms with Gasteiger partial charge in [-0.1, -0.05) is 72.8 Å². The fraction of sp³-hybridized carbons (Fsp3) is 0.214. The second-order valence-corrected chi connectivity index (χ2v) is 11.0. The van der Waals surface area contributed by atoms with Crippen LogP contribution in [0.2, 0.25) is 0 Å². The number of para-hydroxylation sites is 2. The van der Waals surface area contributed by atoms with E-state index >= 15 is 0 Å². The zero-order chi connectivity index (χ0) is 27.8. The van der Waals surface area contributed by atoms with Crippen molar-refractivity contribution in [1.29, 1.82) is 0 Å². The number of aryl methyl sites for hydroxylation is 1. The van der Waals surface area contributed by atoms with Gasteiger partial charge in [-0.05, 0) is 36.1 Å². The molecule has 202 valence electrons. The third kappa shape index (κ3) is 7.29. The van der Waals surface area contributed by atoms with E-state index in [1.807, 2.05) is 30.3 Å². The first-order valence-corrected chi connectivity index (χ1v) is 14.1. The maximum Gasteiger partial charge on any atom is 0.415 e. The fourth-order valence-corrected chi connectivity index (χ4v) is 5.30. The standard InChI is InChI=1S/C28H27N3O7S/c32-26(25-29-23-15-7-8-16-24(23)38-25)30(17-9-14-21-10-3-1-4-11-21)27(33)31(28(34)35)18-19-39(36,37)20-22-12-5-2-6-13-22/h1-8,10-13,15-16H,9,14,17-20H2,(H,34,35). The number of aromatic nitrogens is 1. The molecule has 0 saturated heterocycles. The number of urea groups is 1. The summed E-state index contributed by atoms with van der Waals surface area (Å²) in [7, 11) is -3.76. The van der Waals surface area contributed by atoms with E-state index in [2.05, 4.69) is 4.98 Å². The molecule has 0 aliphatic rings. The molecule has 4 amide bonds. The van der Waals surface area contributed by atoms with Crippen LogP contribution in [0.1, 0.15) is 28.2 Å². The molecular formula is C28H27N3O7S. The number of carbonyl (C=O) groups is 3. The Morgan fingerprint density at radius 2 is 1.41 bits per heavy atom. The molecule has 10 nitrogen and oxygen atoms in total. The number of fused-ring (bicyclic) bond motifs is 1. The molecule has 0 fully saturated rings. The summed E-state index contributed by atoms with van der Waals surface area (Å²) in [5.74, 6) is -2.19. The Morgan fingerprint density at radius 1 is 0.795 bits per heavy atom. The number of sulfone groups is 1. The highest BCUT2D eigenvalue weighted by molar-refractivity contribution is 7.90. The molecule has 1 aromatic heterocycles. The summed E-state index contributed by atoms with van der Waals surface area (Å²) in [5, 5.41) is 9.78. The minimum Gasteiger partial charge on any atom is -0.465 e. The molecule has 1 heterocycles. The van der Waals surface area contributed by atoms with Crippen LogP contribution >= 0.6 is 0 Å². The predicted molar refractivity (Wildman–Crippen MR) is 144 cm³/mol. The van der Waals surface area contributed by atoms with Crippen molar-refractivity contribution in [2.24, 2.45) is 0 Å². The molecular weight excluding hydrogens is 522 g/mol. The summed E-state index contributed by atoms with van der Waals surface area (Å²) in [5.41, 5.74) is 2.25. The molecule has 0 bridgehead atoms. The minimum absolute atomic E-state index is 0.133. The van der Waals surface area contributed by atoms with Crippen molar-refractivity contribution in [3.05, 3.63) is 102 Å². The number of nitrogens with zero attached hydrogens (tertiary/aromatic N) is 3. The second kappa shape index (κ2) is 12.4. The van der Waals surface area contributed by atoms with E-state index in [0.29, 0.717) is 34.4 Å². The van der Waals surface area contributed by atoms with E-state index in [1.165, 1.54) is 0 Å². The zero-order valence-electron chi connectivity index (χ0n) is 21.0. The van der Waals surface area contributed by atoms with Gasteiger partial charge < -0.3 is 9.52 Å². The van der Waals surface area contributed by atoms with Crippen molar-refractivity contribution in [3.63, 3.8) is 0 Å². The molecule has 3 aromatic carbocycles. The lowest BCUT2D eigenvalue weighted by Crippen LogP contribution is -2.50. The third-order valence-corrected chi connectivity index (χ3v) is 7.54. The average Bonchev–Trinajstić information content (AvgIpc) is 3.36. The SMILES string of the molecule is O=C(O)N(CCS(=O)(=O)Cc1ccccc1)C(=O)N(CCCc1ccccc1)C(=O)c1nc2ccccc2o1. The van der Waals surface area contributed by atoms with Crippen LogP contribution in [-0.4, -0.2) is 65.2 Å². The number of carboxylic acid groups (broad SMARTS) is 1. The molecule has 4 rings (SSSR count). The number of rotatable bonds is 10. The van der Waals surface area contributed by atoms with Crippen LogP contribution in [0.25, 0.3) is 11.1 Å². The Hall–Kier alpha value is -4.51. The molecule has 0 unspecified atom stereocenters. The van der Waals surface area contributed by atoms with Gasteiger partial charge in [-0.3, -0.25) is 9.69 Å². The molecule has 4 aromatic rings. The number of hydrogen-bond acceptors (Lipinski definition) is 7. The summed E-state index contributed by atoms with van der Waals surface area (Å²) < 4.78 is 30.9. The second-order valence-electron chi connectivity index (χ2n) is 8.83. The highest BCUT2D eigenvalue weighted by Crippen LogP contribution is 2.18. The van der Waals surface area contributed by atoms with Crippen molar-refractivity contribution < 1.29 is 32.3 Å². The first-order valence-electron chi connectivity index (χ1n) is 12.2. The van der Waals surface area contributed by atoms with Crippen LogP contribution in [-0.2, 0) is 22.0 Å². The molecule has 11 heteroatoms. The number of hydrogen-bond donors (Lipinski definition) is 1. The quantitative estimate of drug-likeness (QED) is 0.302. The first kappa shape index (κ1) is 27.5. The van der Waals surface area contributed by atoms with Crippen molar-refractivity contribution >= 4 is 39.0 Å². The van der Waals surface area contributed by atoms with E-state index < -0.39 is 40.2 Å². The lowest BCUT2D eigenvalue weighted by Gasteiger charge is -2.25. The van der Waals surface area contributed by atoms with Gasteiger partial charge in [0.05, 0.1) is 11.5 Å². The van der Waals surface area contributed by atoms with Crippen molar-refractivity contribution in [2.75, 3.05) is 18.8 Å². The maximum absolute atomic E-state index is 13.4. The van der Waals surface area contributed by atoms with Gasteiger partial charge >= 0.3 is 18.0 Å². The van der Waals surface area contributed by atoms with Crippen LogP contribution in [0.15, 0.2) is 89.3 Å². The summed E-state index contributed by atoms with van der Waals surface area (Å²) in [4.78, 5) is 44.1. The van der Waals surface area contributed by atoms with Gasteiger partial charge in [0.2, 0.25) is 0 Å². The topological polar surface area (TPSA) is 138 Å². The van der Waals surface area contributed by atoms with Crippen molar-refractivity contribution in [2.45, 2.75) is 18.6 Å². The Balaban J connectivity index is 1.53. The lowest BCUT2D eigenvalue weighted by molar-refractivity contribution is 0.0722. The Bertz CT molecular complexity index is 1520. The van der Waals surface area contributed by atoms with E-state index in [-0.39, 0.29) is 18.2 Å². The van der Waals surface area contributed by atoms with Gasteiger partial charge in [0.25, 0.3) is 5.89 Å². The Kier molecular flexibility index (Phi) is 8.72. The Labute approximate surface area is 225 Å². The Morgan fingerprint density at radius 3 is 2.05 bits per heavy atom. The summed E-state index contributed by atoms with van der Waals surface area (Å²) >= 11 is 0. The summed E-state index contributed by atoms with van der Waals surface area (Å²) in [6.07, 6.45) is -0.820. The fourth-order valence-electron chi connectivity index (χ4n) is 4.00. The van der Waals surface area contributed by atoms with Crippen LogP contribution in [0.5, 0.6) is 0 Å². The minimum atomic E-state index is -3.76. The molecule has 0 saturated carbocycles. The van der Waals surface area contributed by atoms with E-state index in [9.17, 15) is 27.9 Å². The van der Waals surface area contributed by atoms with Crippen LogP contribution < -0.4 is 0 Å². The maximum atomic E-state index is 13.4. The normalized spacial score (nSPS) is 11.3. The van der Waals surface area contributed by atoms with Crippen LogP contribution in [0.4, 0.5) is 9.59 Å². The van der Waals surface area contributed by atoms with Gasteiger partial charge in [-0.15, -0.1) is 0 Å². The monoisotopic (exact) mass is 549 g/mol. The predicted octanol–water partition coefficient (Wildman–Crippen LogP) is 4.62. The molecule has 1 N–H and O–H groups in total. The molecule has 0 aliphatic carbocycles. The van der Waals surface area contributed by atoms with Gasteiger partial charge in [0, 0.05) is 13.1 Å². The number of benzene rings is 3. The van der Waals surface area contributed by atoms with Crippen LogP contribution in [0.3, 0.4) is 0 Å². The molecule has 0 atom stereocenters. The first-order chi connectivity index (χ1) is 18.7. The number of carbonyl (C=O) groups excluding carboxylic acids is 2. The molecule has 39 heavy (non-hydrogen) atoms. The van der Waals surface area contributed by atoms with E-state index in [1.54, 1.807) is 54.6 Å². The number of imide groups is 2. The number of amides is 4. The lowest BCUT2D eigenvalue weighted by atomic mass is 10.1. The smallest absolute Gasteiger partial charge is 0.415 e. The zero-order valence-corrected chi connectivity index (χ0v) is 21.8. The highest BCUT2D eigenvalue weighted by atomic mass is 32.2. The van der Waals surface area contributed by atoms with Crippen LogP contribution in [0, 0.1) is 0 Å². The van der Waals surface area contributed by atoms with Crippen molar-refractivity contribution in [1.82, 2.24) is 14.8 Å². The van der Waals surface area contributed by atoms with E-state index in [4.69, 9.17) is 4.42 Å². The summed E-state index contributed by atoms with van der Waals surface area (Å²) in [6, 6.07) is 23.3.